The lowest BCUT2D eigenvalue weighted by Gasteiger charge is -2.06. The lowest BCUT2D eigenvalue weighted by molar-refractivity contribution is -0.111. The summed E-state index contributed by atoms with van der Waals surface area (Å²) < 4.78 is 10.6. The number of rotatable bonds is 4. The van der Waals surface area contributed by atoms with Crippen molar-refractivity contribution >= 4 is 39.4 Å². The molecule has 1 aromatic heterocycles. The van der Waals surface area contributed by atoms with E-state index >= 15 is 0 Å². The molecule has 0 aliphatic rings. The van der Waals surface area contributed by atoms with Crippen molar-refractivity contribution in [3.8, 4) is 5.75 Å². The van der Waals surface area contributed by atoms with Crippen LogP contribution >= 0.6 is 0 Å². The maximum Gasteiger partial charge on any atom is 0.360 e. The molecular formula is C23H17NO4. The fraction of sp³-hybridized carbons (Fsp3) is 0.0435. The zero-order chi connectivity index (χ0) is 19.5. The summed E-state index contributed by atoms with van der Waals surface area (Å²) >= 11 is 0. The van der Waals surface area contributed by atoms with Gasteiger partial charge in [-0.2, -0.15) is 0 Å². The molecule has 0 aliphatic carbocycles. The van der Waals surface area contributed by atoms with Gasteiger partial charge in [0.15, 0.2) is 0 Å². The fourth-order valence-electron chi connectivity index (χ4n) is 3.10. The summed E-state index contributed by atoms with van der Waals surface area (Å²) in [5.74, 6) is 0.223. The Labute approximate surface area is 160 Å². The molecule has 138 valence electrons. The Kier molecular flexibility index (Phi) is 4.64. The van der Waals surface area contributed by atoms with Crippen LogP contribution in [0, 0.1) is 0 Å². The normalized spacial score (nSPS) is 11.2. The molecule has 1 amide bonds. The van der Waals surface area contributed by atoms with Crippen LogP contribution in [0.2, 0.25) is 0 Å². The molecule has 0 radical (unpaired) electrons. The van der Waals surface area contributed by atoms with Crippen LogP contribution in [0.1, 0.15) is 5.56 Å². The second-order valence-electron chi connectivity index (χ2n) is 6.21. The van der Waals surface area contributed by atoms with Crippen LogP contribution in [0.15, 0.2) is 82.0 Å². The third-order valence-corrected chi connectivity index (χ3v) is 4.45. The van der Waals surface area contributed by atoms with E-state index in [1.807, 2.05) is 48.5 Å². The Morgan fingerprint density at radius 2 is 1.79 bits per heavy atom. The summed E-state index contributed by atoms with van der Waals surface area (Å²) in [4.78, 5) is 24.6. The van der Waals surface area contributed by atoms with E-state index in [9.17, 15) is 9.59 Å². The number of hydrogen-bond donors (Lipinski definition) is 1. The highest BCUT2D eigenvalue weighted by Crippen LogP contribution is 2.26. The monoisotopic (exact) mass is 371 g/mol. The van der Waals surface area contributed by atoms with E-state index < -0.39 is 11.5 Å². The van der Waals surface area contributed by atoms with Crippen LogP contribution in [-0.2, 0) is 4.79 Å². The Morgan fingerprint density at radius 3 is 2.64 bits per heavy atom. The molecule has 0 bridgehead atoms. The molecule has 3 aromatic carbocycles. The number of nitrogens with one attached hydrogen (secondary N) is 1. The Morgan fingerprint density at radius 1 is 1.00 bits per heavy atom. The number of amides is 1. The van der Waals surface area contributed by atoms with Gasteiger partial charge in [-0.25, -0.2) is 4.79 Å². The number of anilines is 1. The number of carbonyl (C=O) groups excluding carboxylic acids is 1. The molecular weight excluding hydrogens is 354 g/mol. The van der Waals surface area contributed by atoms with Gasteiger partial charge in [0, 0.05) is 17.0 Å². The fourth-order valence-corrected chi connectivity index (χ4v) is 3.10. The summed E-state index contributed by atoms with van der Waals surface area (Å²) in [6.45, 7) is 0. The molecule has 0 atom stereocenters. The smallest absolute Gasteiger partial charge is 0.360 e. The van der Waals surface area contributed by atoms with Crippen LogP contribution in [-0.4, -0.2) is 13.0 Å². The largest absolute Gasteiger partial charge is 0.496 e. The number of carbonyl (C=O) groups is 1. The summed E-state index contributed by atoms with van der Waals surface area (Å²) in [5, 5.41) is 5.34. The van der Waals surface area contributed by atoms with Gasteiger partial charge in [0.25, 0.3) is 0 Å². The average molecular weight is 371 g/mol. The summed E-state index contributed by atoms with van der Waals surface area (Å²) in [6.07, 6.45) is 2.98. The molecule has 0 aliphatic heterocycles. The van der Waals surface area contributed by atoms with E-state index in [-0.39, 0.29) is 5.69 Å². The van der Waals surface area contributed by atoms with E-state index in [2.05, 4.69) is 5.32 Å². The number of methoxy groups -OCH3 is 1. The molecule has 28 heavy (non-hydrogen) atoms. The van der Waals surface area contributed by atoms with Gasteiger partial charge >= 0.3 is 5.63 Å². The zero-order valence-electron chi connectivity index (χ0n) is 15.1. The van der Waals surface area contributed by atoms with Gasteiger partial charge in [0.1, 0.15) is 17.0 Å². The third-order valence-electron chi connectivity index (χ3n) is 4.45. The number of benzene rings is 3. The molecule has 0 spiro atoms. The standard InChI is InChI=1S/C23H17NO4/c1-27-20-9-5-3-7-16(20)11-13-22(25)24-19-14-18-17-8-4-2-6-15(17)10-12-21(18)28-23(19)26/h2-14H,1H3,(H,24,25). The Hall–Kier alpha value is -3.86. The molecule has 1 heterocycles. The summed E-state index contributed by atoms with van der Waals surface area (Å²) in [5.41, 5.74) is 0.739. The number of hydrogen-bond acceptors (Lipinski definition) is 4. The van der Waals surface area contributed by atoms with Gasteiger partial charge in [-0.15, -0.1) is 0 Å². The van der Waals surface area contributed by atoms with Gasteiger partial charge in [0.2, 0.25) is 5.91 Å². The highest BCUT2D eigenvalue weighted by molar-refractivity contribution is 6.08. The van der Waals surface area contributed by atoms with Gasteiger partial charge in [-0.1, -0.05) is 48.5 Å². The van der Waals surface area contributed by atoms with Crippen LogP contribution in [0.4, 0.5) is 5.69 Å². The first kappa shape index (κ1) is 17.5. The van der Waals surface area contributed by atoms with E-state index in [1.54, 1.807) is 31.4 Å². The van der Waals surface area contributed by atoms with Gasteiger partial charge in [0.05, 0.1) is 7.11 Å². The van der Waals surface area contributed by atoms with Crippen molar-refractivity contribution in [1.82, 2.24) is 0 Å². The number of para-hydroxylation sites is 1. The predicted molar refractivity (Wildman–Crippen MR) is 111 cm³/mol. The topological polar surface area (TPSA) is 68.5 Å². The molecule has 4 aromatic rings. The zero-order valence-corrected chi connectivity index (χ0v) is 15.1. The van der Waals surface area contributed by atoms with Crippen LogP contribution in [0.3, 0.4) is 0 Å². The molecule has 5 heteroatoms. The van der Waals surface area contributed by atoms with E-state index in [0.717, 1.165) is 21.7 Å². The quantitative estimate of drug-likeness (QED) is 0.323. The van der Waals surface area contributed by atoms with E-state index in [4.69, 9.17) is 9.15 Å². The third kappa shape index (κ3) is 3.38. The SMILES string of the molecule is COc1ccccc1C=CC(=O)Nc1cc2c(ccc3ccccc32)oc1=O. The second kappa shape index (κ2) is 7.40. The van der Waals surface area contributed by atoms with Crippen molar-refractivity contribution in [2.75, 3.05) is 12.4 Å². The predicted octanol–water partition coefficient (Wildman–Crippen LogP) is 4.61. The van der Waals surface area contributed by atoms with Crippen LogP contribution in [0.25, 0.3) is 27.8 Å². The van der Waals surface area contributed by atoms with E-state index in [1.165, 1.54) is 6.08 Å². The molecule has 5 nitrogen and oxygen atoms in total. The first-order valence-electron chi connectivity index (χ1n) is 8.73. The second-order valence-corrected chi connectivity index (χ2v) is 6.21. The molecule has 0 unspecified atom stereocenters. The molecule has 4 rings (SSSR count). The van der Waals surface area contributed by atoms with Crippen molar-refractivity contribution in [3.05, 3.63) is 88.8 Å². The van der Waals surface area contributed by atoms with Crippen molar-refractivity contribution in [3.63, 3.8) is 0 Å². The van der Waals surface area contributed by atoms with Crippen molar-refractivity contribution in [1.29, 1.82) is 0 Å². The van der Waals surface area contributed by atoms with Crippen molar-refractivity contribution < 1.29 is 13.9 Å². The summed E-state index contributed by atoms with van der Waals surface area (Å²) in [7, 11) is 1.57. The van der Waals surface area contributed by atoms with Crippen LogP contribution < -0.4 is 15.7 Å². The highest BCUT2D eigenvalue weighted by Gasteiger charge is 2.10. The van der Waals surface area contributed by atoms with Crippen LogP contribution in [0.5, 0.6) is 5.75 Å². The van der Waals surface area contributed by atoms with E-state index in [0.29, 0.717) is 11.3 Å². The molecule has 1 N–H and O–H groups in total. The minimum absolute atomic E-state index is 0.0959. The molecule has 0 saturated heterocycles. The van der Waals surface area contributed by atoms with Crippen molar-refractivity contribution in [2.24, 2.45) is 0 Å². The first-order valence-corrected chi connectivity index (χ1v) is 8.73. The average Bonchev–Trinajstić information content (AvgIpc) is 2.73. The van der Waals surface area contributed by atoms with Gasteiger partial charge in [-0.3, -0.25) is 4.79 Å². The summed E-state index contributed by atoms with van der Waals surface area (Å²) in [6, 6.07) is 20.4. The minimum Gasteiger partial charge on any atom is -0.496 e. The minimum atomic E-state index is -0.596. The number of fused-ring (bicyclic) bond motifs is 3. The lowest BCUT2D eigenvalue weighted by Crippen LogP contribution is -2.15. The van der Waals surface area contributed by atoms with Gasteiger partial charge in [-0.05, 0) is 35.0 Å². The van der Waals surface area contributed by atoms with Gasteiger partial charge < -0.3 is 14.5 Å². The highest BCUT2D eigenvalue weighted by atomic mass is 16.5. The maximum atomic E-state index is 12.3. The first-order chi connectivity index (χ1) is 13.7. The lowest BCUT2D eigenvalue weighted by atomic mass is 10.1. The Balaban J connectivity index is 1.66. The van der Waals surface area contributed by atoms with Crippen molar-refractivity contribution in [2.45, 2.75) is 0 Å². The maximum absolute atomic E-state index is 12.3. The Bertz CT molecular complexity index is 1270. The molecule has 0 fully saturated rings. The number of ether oxygens (including phenoxy) is 1. The molecule has 0 saturated carbocycles.